The molecule has 0 heterocycles. The van der Waals surface area contributed by atoms with Gasteiger partial charge in [-0.05, 0) is 25.7 Å². The molecule has 0 spiro atoms. The SMILES string of the molecule is CO[C@@H]1CCCC[C@@H]1NC(=O)N(CCO)C1CC1. The first kappa shape index (κ1) is 13.6. The van der Waals surface area contributed by atoms with Crippen molar-refractivity contribution >= 4 is 6.03 Å². The van der Waals surface area contributed by atoms with Crippen LogP contribution in [-0.4, -0.2) is 54.5 Å². The molecule has 104 valence electrons. The van der Waals surface area contributed by atoms with E-state index >= 15 is 0 Å². The van der Waals surface area contributed by atoms with Gasteiger partial charge in [0.05, 0.1) is 18.8 Å². The van der Waals surface area contributed by atoms with Crippen molar-refractivity contribution in [2.24, 2.45) is 0 Å². The molecular weight excluding hydrogens is 232 g/mol. The third-order valence-electron chi connectivity index (χ3n) is 3.90. The summed E-state index contributed by atoms with van der Waals surface area (Å²) >= 11 is 0. The second-order valence-corrected chi connectivity index (χ2v) is 5.26. The van der Waals surface area contributed by atoms with E-state index < -0.39 is 0 Å². The van der Waals surface area contributed by atoms with Gasteiger partial charge >= 0.3 is 6.03 Å². The molecule has 0 unspecified atom stereocenters. The van der Waals surface area contributed by atoms with Crippen LogP contribution < -0.4 is 5.32 Å². The normalized spacial score (nSPS) is 27.9. The van der Waals surface area contributed by atoms with Crippen LogP contribution in [0.3, 0.4) is 0 Å². The molecule has 5 heteroatoms. The van der Waals surface area contributed by atoms with E-state index in [-0.39, 0.29) is 24.8 Å². The summed E-state index contributed by atoms with van der Waals surface area (Å²) in [5.41, 5.74) is 0. The molecule has 2 fully saturated rings. The van der Waals surface area contributed by atoms with Gasteiger partial charge in [-0.15, -0.1) is 0 Å². The molecule has 0 aromatic rings. The zero-order valence-electron chi connectivity index (χ0n) is 11.1. The Bertz CT molecular complexity index is 281. The molecule has 0 radical (unpaired) electrons. The molecular formula is C13H24N2O3. The lowest BCUT2D eigenvalue weighted by molar-refractivity contribution is 0.0425. The molecule has 0 bridgehead atoms. The van der Waals surface area contributed by atoms with E-state index in [0.29, 0.717) is 12.6 Å². The van der Waals surface area contributed by atoms with Crippen LogP contribution in [0.1, 0.15) is 38.5 Å². The molecule has 0 aliphatic heterocycles. The summed E-state index contributed by atoms with van der Waals surface area (Å²) in [6.07, 6.45) is 6.59. The van der Waals surface area contributed by atoms with Crippen molar-refractivity contribution in [3.63, 3.8) is 0 Å². The van der Waals surface area contributed by atoms with Gasteiger partial charge in [0.1, 0.15) is 0 Å². The summed E-state index contributed by atoms with van der Waals surface area (Å²) in [5, 5.41) is 12.1. The highest BCUT2D eigenvalue weighted by Gasteiger charge is 2.34. The maximum Gasteiger partial charge on any atom is 0.318 e. The largest absolute Gasteiger partial charge is 0.395 e. The number of urea groups is 1. The third kappa shape index (κ3) is 3.36. The number of hydrogen-bond donors (Lipinski definition) is 2. The molecule has 5 nitrogen and oxygen atoms in total. The number of methoxy groups -OCH3 is 1. The van der Waals surface area contributed by atoms with Crippen LogP contribution in [0.15, 0.2) is 0 Å². The molecule has 2 rings (SSSR count). The fraction of sp³-hybridized carbons (Fsp3) is 0.923. The summed E-state index contributed by atoms with van der Waals surface area (Å²) in [6.45, 7) is 0.461. The van der Waals surface area contributed by atoms with E-state index in [2.05, 4.69) is 5.32 Å². The molecule has 2 aliphatic rings. The summed E-state index contributed by atoms with van der Waals surface area (Å²) in [4.78, 5) is 14.0. The van der Waals surface area contributed by atoms with Crippen molar-refractivity contribution < 1.29 is 14.6 Å². The first-order valence-electron chi connectivity index (χ1n) is 6.97. The number of nitrogens with one attached hydrogen (secondary N) is 1. The van der Waals surface area contributed by atoms with Gasteiger partial charge in [-0.3, -0.25) is 0 Å². The molecule has 0 aromatic carbocycles. The van der Waals surface area contributed by atoms with Crippen molar-refractivity contribution in [3.8, 4) is 0 Å². The van der Waals surface area contributed by atoms with Crippen LogP contribution in [0.4, 0.5) is 4.79 Å². The Morgan fingerprint density at radius 1 is 1.33 bits per heavy atom. The zero-order chi connectivity index (χ0) is 13.0. The fourth-order valence-electron chi connectivity index (χ4n) is 2.73. The lowest BCUT2D eigenvalue weighted by Crippen LogP contribution is -2.52. The topological polar surface area (TPSA) is 61.8 Å². The van der Waals surface area contributed by atoms with Gasteiger partial charge in [-0.25, -0.2) is 4.79 Å². The smallest absolute Gasteiger partial charge is 0.318 e. The number of amides is 2. The van der Waals surface area contributed by atoms with Crippen molar-refractivity contribution in [1.82, 2.24) is 10.2 Å². The van der Waals surface area contributed by atoms with Crippen molar-refractivity contribution in [1.29, 1.82) is 0 Å². The predicted molar refractivity (Wildman–Crippen MR) is 68.4 cm³/mol. The van der Waals surface area contributed by atoms with E-state index in [1.165, 1.54) is 6.42 Å². The minimum absolute atomic E-state index is 0.0301. The van der Waals surface area contributed by atoms with Gasteiger partial charge in [0.25, 0.3) is 0 Å². The molecule has 18 heavy (non-hydrogen) atoms. The van der Waals surface area contributed by atoms with Crippen LogP contribution >= 0.6 is 0 Å². The maximum atomic E-state index is 12.2. The first-order chi connectivity index (χ1) is 8.76. The second-order valence-electron chi connectivity index (χ2n) is 5.26. The van der Waals surface area contributed by atoms with E-state index in [9.17, 15) is 4.79 Å². The summed E-state index contributed by atoms with van der Waals surface area (Å²) in [5.74, 6) is 0. The molecule has 2 atom stereocenters. The van der Waals surface area contributed by atoms with E-state index in [0.717, 1.165) is 32.1 Å². The van der Waals surface area contributed by atoms with Crippen LogP contribution in [0, 0.1) is 0 Å². The Morgan fingerprint density at radius 3 is 2.67 bits per heavy atom. The average Bonchev–Trinajstić information content (AvgIpc) is 3.20. The predicted octanol–water partition coefficient (Wildman–Crippen LogP) is 1.11. The van der Waals surface area contributed by atoms with Crippen molar-refractivity contribution in [2.45, 2.75) is 56.7 Å². The lowest BCUT2D eigenvalue weighted by atomic mass is 9.92. The van der Waals surface area contributed by atoms with Gasteiger partial charge in [-0.1, -0.05) is 12.8 Å². The molecule has 2 amide bonds. The number of carbonyl (C=O) groups excluding carboxylic acids is 1. The van der Waals surface area contributed by atoms with Gasteiger partial charge in [0, 0.05) is 19.7 Å². The number of aliphatic hydroxyl groups excluding tert-OH is 1. The van der Waals surface area contributed by atoms with Crippen LogP contribution in [0.25, 0.3) is 0 Å². The van der Waals surface area contributed by atoms with Crippen molar-refractivity contribution in [3.05, 3.63) is 0 Å². The van der Waals surface area contributed by atoms with Crippen LogP contribution in [0.5, 0.6) is 0 Å². The standard InChI is InChI=1S/C13H24N2O3/c1-18-12-5-3-2-4-11(12)14-13(17)15(8-9-16)10-6-7-10/h10-12,16H,2-9H2,1H3,(H,14,17)/t11-,12+/m0/s1. The lowest BCUT2D eigenvalue weighted by Gasteiger charge is -2.33. The number of hydrogen-bond acceptors (Lipinski definition) is 3. The number of aliphatic hydroxyl groups is 1. The third-order valence-corrected chi connectivity index (χ3v) is 3.90. The number of nitrogens with zero attached hydrogens (tertiary/aromatic N) is 1. The van der Waals surface area contributed by atoms with Crippen LogP contribution in [0.2, 0.25) is 0 Å². The van der Waals surface area contributed by atoms with Crippen LogP contribution in [-0.2, 0) is 4.74 Å². The highest BCUT2D eigenvalue weighted by molar-refractivity contribution is 5.75. The van der Waals surface area contributed by atoms with Gasteiger partial charge in [0.15, 0.2) is 0 Å². The molecule has 2 aliphatic carbocycles. The molecule has 2 saturated carbocycles. The fourth-order valence-corrected chi connectivity index (χ4v) is 2.73. The first-order valence-corrected chi connectivity index (χ1v) is 6.97. The maximum absolute atomic E-state index is 12.2. The minimum atomic E-state index is -0.0412. The molecule has 2 N–H and O–H groups in total. The highest BCUT2D eigenvalue weighted by Crippen LogP contribution is 2.27. The summed E-state index contributed by atoms with van der Waals surface area (Å²) in [7, 11) is 1.71. The summed E-state index contributed by atoms with van der Waals surface area (Å²) in [6, 6.07) is 0.415. The Balaban J connectivity index is 1.87. The Labute approximate surface area is 108 Å². The molecule has 0 saturated heterocycles. The monoisotopic (exact) mass is 256 g/mol. The van der Waals surface area contributed by atoms with Gasteiger partial charge in [-0.2, -0.15) is 0 Å². The Morgan fingerprint density at radius 2 is 2.06 bits per heavy atom. The van der Waals surface area contributed by atoms with Gasteiger partial charge < -0.3 is 20.1 Å². The van der Waals surface area contributed by atoms with E-state index in [1.54, 1.807) is 12.0 Å². The number of ether oxygens (including phenoxy) is 1. The van der Waals surface area contributed by atoms with Crippen molar-refractivity contribution in [2.75, 3.05) is 20.3 Å². The minimum Gasteiger partial charge on any atom is -0.395 e. The van der Waals surface area contributed by atoms with E-state index in [1.807, 2.05) is 0 Å². The Kier molecular flexibility index (Phi) is 4.83. The average molecular weight is 256 g/mol. The zero-order valence-corrected chi connectivity index (χ0v) is 11.1. The van der Waals surface area contributed by atoms with Gasteiger partial charge in [0.2, 0.25) is 0 Å². The Hall–Kier alpha value is -0.810. The van der Waals surface area contributed by atoms with E-state index in [4.69, 9.17) is 9.84 Å². The quantitative estimate of drug-likeness (QED) is 0.774. The molecule has 0 aromatic heterocycles. The number of rotatable bonds is 5. The summed E-state index contributed by atoms with van der Waals surface area (Å²) < 4.78 is 5.44. The number of carbonyl (C=O) groups is 1. The highest BCUT2D eigenvalue weighted by atomic mass is 16.5. The second kappa shape index (κ2) is 6.38.